The molecule has 0 unspecified atom stereocenters. The number of ether oxygens (including phenoxy) is 3. The van der Waals surface area contributed by atoms with Gasteiger partial charge >= 0.3 is 5.97 Å². The van der Waals surface area contributed by atoms with Gasteiger partial charge < -0.3 is 19.0 Å². The number of allylic oxidation sites excluding steroid dienone is 1. The van der Waals surface area contributed by atoms with Crippen molar-refractivity contribution in [2.24, 2.45) is 0 Å². The van der Waals surface area contributed by atoms with Gasteiger partial charge in [-0.05, 0) is 50.5 Å². The number of aryl methyl sites for hydroxylation is 1. The highest BCUT2D eigenvalue weighted by Gasteiger charge is 2.18. The zero-order valence-corrected chi connectivity index (χ0v) is 26.6. The summed E-state index contributed by atoms with van der Waals surface area (Å²) in [7, 11) is 0. The molecule has 1 aromatic carbocycles. The van der Waals surface area contributed by atoms with Crippen molar-refractivity contribution in [2.75, 3.05) is 6.61 Å². The molecule has 0 saturated carbocycles. The Morgan fingerprint density at radius 1 is 0.976 bits per heavy atom. The van der Waals surface area contributed by atoms with Crippen LogP contribution in [0.15, 0.2) is 54.4 Å². The number of ketones is 1. The molecule has 1 aliphatic heterocycles. The quantitative estimate of drug-likeness (QED) is 0.186. The maximum atomic E-state index is 11.7. The first-order chi connectivity index (χ1) is 19.9. The number of carbonyl (C=O) groups is 2. The minimum Gasteiger partial charge on any atom is -0.463 e. The molecule has 1 aromatic heterocycles. The first-order valence-corrected chi connectivity index (χ1v) is 15.2. The number of Topliss-reactive ketones (excluding diaryl/α,β-unsaturated/α-hetero) is 1. The SMILES string of the molecule is CC.CCC.CCCCCCC(C)=O.CCCc1cccc(Oc2ccnc(C3=CCC(C(=O)OCC)=CO3)n2)c1. The van der Waals surface area contributed by atoms with E-state index in [1.807, 2.05) is 32.0 Å². The monoisotopic (exact) mass is 568 g/mol. The molecule has 7 nitrogen and oxygen atoms in total. The lowest BCUT2D eigenvalue weighted by atomic mass is 10.1. The lowest BCUT2D eigenvalue weighted by Crippen LogP contribution is -2.10. The third-order valence-electron chi connectivity index (χ3n) is 5.27. The summed E-state index contributed by atoms with van der Waals surface area (Å²) < 4.78 is 16.3. The Balaban J connectivity index is 0.000000960. The van der Waals surface area contributed by atoms with Crippen molar-refractivity contribution >= 4 is 17.5 Å². The number of rotatable bonds is 12. The maximum absolute atomic E-state index is 11.7. The molecule has 1 aliphatic rings. The van der Waals surface area contributed by atoms with E-state index in [1.54, 1.807) is 32.2 Å². The molecule has 228 valence electrons. The molecule has 0 radical (unpaired) electrons. The van der Waals surface area contributed by atoms with Crippen LogP contribution in [0.5, 0.6) is 11.6 Å². The average Bonchev–Trinajstić information content (AvgIpc) is 2.98. The van der Waals surface area contributed by atoms with Crippen LogP contribution in [0.4, 0.5) is 0 Å². The van der Waals surface area contributed by atoms with Crippen molar-refractivity contribution in [3.63, 3.8) is 0 Å². The van der Waals surface area contributed by atoms with Crippen molar-refractivity contribution in [1.29, 1.82) is 0 Å². The molecule has 0 fully saturated rings. The van der Waals surface area contributed by atoms with Gasteiger partial charge in [0.1, 0.15) is 17.8 Å². The summed E-state index contributed by atoms with van der Waals surface area (Å²) in [6, 6.07) is 9.65. The van der Waals surface area contributed by atoms with Crippen LogP contribution in [0.1, 0.15) is 118 Å². The van der Waals surface area contributed by atoms with E-state index in [2.05, 4.69) is 43.7 Å². The summed E-state index contributed by atoms with van der Waals surface area (Å²) in [5.41, 5.74) is 1.68. The van der Waals surface area contributed by atoms with Crippen LogP contribution in [-0.4, -0.2) is 28.3 Å². The number of hydrogen-bond donors (Lipinski definition) is 0. The normalized spacial score (nSPS) is 11.4. The minimum absolute atomic E-state index is 0.325. The van der Waals surface area contributed by atoms with Gasteiger partial charge in [0.15, 0.2) is 11.6 Å². The van der Waals surface area contributed by atoms with Gasteiger partial charge in [-0.1, -0.05) is 85.8 Å². The van der Waals surface area contributed by atoms with Gasteiger partial charge in [-0.2, -0.15) is 4.98 Å². The number of carbonyl (C=O) groups excluding carboxylic acids is 2. The summed E-state index contributed by atoms with van der Waals surface area (Å²) in [6.45, 7) is 16.3. The molecule has 2 aromatic rings. The zero-order chi connectivity index (χ0) is 30.9. The predicted molar refractivity (Wildman–Crippen MR) is 168 cm³/mol. The molecule has 0 bridgehead atoms. The van der Waals surface area contributed by atoms with Crippen LogP contribution in [0.3, 0.4) is 0 Å². The third kappa shape index (κ3) is 17.1. The topological polar surface area (TPSA) is 87.6 Å². The Kier molecular flexibility index (Phi) is 22.3. The van der Waals surface area contributed by atoms with Crippen molar-refractivity contribution in [3.8, 4) is 11.6 Å². The summed E-state index contributed by atoms with van der Waals surface area (Å²) in [4.78, 5) is 30.8. The number of unbranched alkanes of at least 4 members (excludes halogenated alkanes) is 3. The summed E-state index contributed by atoms with van der Waals surface area (Å²) in [5, 5.41) is 0. The lowest BCUT2D eigenvalue weighted by molar-refractivity contribution is -0.138. The van der Waals surface area contributed by atoms with Crippen LogP contribution in [0, 0.1) is 0 Å². The fourth-order valence-electron chi connectivity index (χ4n) is 3.43. The Morgan fingerprint density at radius 2 is 1.71 bits per heavy atom. The summed E-state index contributed by atoms with van der Waals surface area (Å²) in [5.74, 6) is 1.99. The van der Waals surface area contributed by atoms with Gasteiger partial charge in [-0.3, -0.25) is 0 Å². The Morgan fingerprint density at radius 3 is 2.29 bits per heavy atom. The van der Waals surface area contributed by atoms with Crippen molar-refractivity contribution in [3.05, 3.63) is 65.8 Å². The van der Waals surface area contributed by atoms with E-state index in [0.717, 1.165) is 31.4 Å². The second kappa shape index (κ2) is 24.3. The maximum Gasteiger partial charge on any atom is 0.337 e. The first kappa shape index (κ1) is 37.5. The molecule has 2 heterocycles. The lowest BCUT2D eigenvalue weighted by Gasteiger charge is -2.13. The Hall–Kier alpha value is -3.48. The van der Waals surface area contributed by atoms with Crippen molar-refractivity contribution in [2.45, 2.75) is 113 Å². The van der Waals surface area contributed by atoms with Crippen LogP contribution in [0.2, 0.25) is 0 Å². The fourth-order valence-corrected chi connectivity index (χ4v) is 3.43. The molecule has 0 N–H and O–H groups in total. The van der Waals surface area contributed by atoms with Gasteiger partial charge in [0.25, 0.3) is 0 Å². The van der Waals surface area contributed by atoms with Gasteiger partial charge in [0, 0.05) is 25.1 Å². The van der Waals surface area contributed by atoms with E-state index in [9.17, 15) is 9.59 Å². The summed E-state index contributed by atoms with van der Waals surface area (Å²) >= 11 is 0. The molecule has 0 saturated heterocycles. The molecule has 0 amide bonds. The van der Waals surface area contributed by atoms with Crippen LogP contribution in [0.25, 0.3) is 5.76 Å². The van der Waals surface area contributed by atoms with E-state index < -0.39 is 0 Å². The second-order valence-corrected chi connectivity index (χ2v) is 9.19. The number of benzene rings is 1. The number of esters is 1. The number of hydrogen-bond acceptors (Lipinski definition) is 7. The highest BCUT2D eigenvalue weighted by atomic mass is 16.5. The van der Waals surface area contributed by atoms with E-state index >= 15 is 0 Å². The molecular formula is C34H52N2O5. The fraction of sp³-hybridized carbons (Fsp3) is 0.529. The molecular weight excluding hydrogens is 516 g/mol. The van der Waals surface area contributed by atoms with E-state index in [-0.39, 0.29) is 5.97 Å². The standard InChI is InChI=1S/C21H22N2O4.C8H16O.C3H8.C2H6/c1-3-6-15-7-5-8-17(13-15)27-19-11-12-22-20(23-19)18-10-9-16(14-26-18)21(24)25-4-2;1-3-4-5-6-7-8(2)9;1-3-2;1-2/h5,7-8,10-14H,3-4,6,9H2,1-2H3;3-7H2,1-2H3;3H2,1-2H3;1-2H3. The van der Waals surface area contributed by atoms with Crippen molar-refractivity contribution in [1.82, 2.24) is 9.97 Å². The molecule has 0 atom stereocenters. The van der Waals surface area contributed by atoms with Crippen LogP contribution in [-0.2, 0) is 25.5 Å². The van der Waals surface area contributed by atoms with Crippen molar-refractivity contribution < 1.29 is 23.8 Å². The number of nitrogens with zero attached hydrogens (tertiary/aromatic N) is 2. The molecule has 7 heteroatoms. The number of aromatic nitrogens is 2. The smallest absolute Gasteiger partial charge is 0.337 e. The largest absolute Gasteiger partial charge is 0.463 e. The van der Waals surface area contributed by atoms with E-state index in [1.165, 1.54) is 37.5 Å². The first-order valence-electron chi connectivity index (χ1n) is 15.2. The highest BCUT2D eigenvalue weighted by Crippen LogP contribution is 2.25. The Labute approximate surface area is 248 Å². The molecule has 41 heavy (non-hydrogen) atoms. The van der Waals surface area contributed by atoms with E-state index in [4.69, 9.17) is 14.2 Å². The average molecular weight is 569 g/mol. The zero-order valence-electron chi connectivity index (χ0n) is 26.6. The van der Waals surface area contributed by atoms with Crippen LogP contribution >= 0.6 is 0 Å². The predicted octanol–water partition coefficient (Wildman–Crippen LogP) is 9.42. The summed E-state index contributed by atoms with van der Waals surface area (Å²) in [6.07, 6.45) is 14.1. The highest BCUT2D eigenvalue weighted by molar-refractivity contribution is 5.89. The van der Waals surface area contributed by atoms with Gasteiger partial charge in [0.05, 0.1) is 12.2 Å². The van der Waals surface area contributed by atoms with E-state index in [0.29, 0.717) is 41.8 Å². The van der Waals surface area contributed by atoms with Gasteiger partial charge in [-0.25, -0.2) is 9.78 Å². The second-order valence-electron chi connectivity index (χ2n) is 9.19. The minimum atomic E-state index is -0.377. The Bertz CT molecular complexity index is 1060. The van der Waals surface area contributed by atoms with Gasteiger partial charge in [-0.15, -0.1) is 0 Å². The molecule has 0 aliphatic carbocycles. The molecule has 3 rings (SSSR count). The molecule has 0 spiro atoms. The van der Waals surface area contributed by atoms with Gasteiger partial charge in [0.2, 0.25) is 5.88 Å². The van der Waals surface area contributed by atoms with Crippen LogP contribution < -0.4 is 4.74 Å². The third-order valence-corrected chi connectivity index (χ3v) is 5.27.